The lowest BCUT2D eigenvalue weighted by Crippen LogP contribution is -2.45. The highest BCUT2D eigenvalue weighted by atomic mass is 16.6. The Labute approximate surface area is 53.0 Å². The minimum Gasteiger partial charge on any atom is -0.783 e. The van der Waals surface area contributed by atoms with E-state index in [1.165, 1.54) is 6.92 Å². The van der Waals surface area contributed by atoms with Crippen LogP contribution in [0.1, 0.15) is 13.3 Å². The summed E-state index contributed by atoms with van der Waals surface area (Å²) >= 11 is 0. The van der Waals surface area contributed by atoms with Crippen molar-refractivity contribution in [3.63, 3.8) is 0 Å². The van der Waals surface area contributed by atoms with Crippen LogP contribution in [0.15, 0.2) is 0 Å². The van der Waals surface area contributed by atoms with Gasteiger partial charge < -0.3 is 15.0 Å². The number of hydrogen-bond acceptors (Lipinski definition) is 4. The summed E-state index contributed by atoms with van der Waals surface area (Å²) in [5.41, 5.74) is 0. The summed E-state index contributed by atoms with van der Waals surface area (Å²) in [6.07, 6.45) is 0.172. The first-order chi connectivity index (χ1) is 4.20. The maximum absolute atomic E-state index is 10.4. The zero-order valence-electron chi connectivity index (χ0n) is 5.16. The summed E-state index contributed by atoms with van der Waals surface area (Å²) in [7, 11) is 0. The van der Waals surface area contributed by atoms with E-state index in [0.29, 0.717) is 13.0 Å². The lowest BCUT2D eigenvalue weighted by atomic mass is 10.2. The van der Waals surface area contributed by atoms with E-state index in [1.807, 2.05) is 0 Å². The van der Waals surface area contributed by atoms with Gasteiger partial charge in [0.25, 0.3) is 0 Å². The molecular formula is C5H8NO3-. The summed E-state index contributed by atoms with van der Waals surface area (Å²) in [5.74, 6) is -0.388. The van der Waals surface area contributed by atoms with Crippen LogP contribution in [0, 0.1) is 5.21 Å². The van der Waals surface area contributed by atoms with Crippen LogP contribution in [-0.2, 0) is 9.53 Å². The number of carbonyl (C=O) groups excluding carboxylic acids is 1. The van der Waals surface area contributed by atoms with E-state index in [0.717, 1.165) is 5.06 Å². The van der Waals surface area contributed by atoms with E-state index in [1.54, 1.807) is 0 Å². The van der Waals surface area contributed by atoms with Gasteiger partial charge in [-0.3, -0.25) is 4.79 Å². The Balaban J connectivity index is 2.21. The maximum atomic E-state index is 10.4. The van der Waals surface area contributed by atoms with Gasteiger partial charge in [-0.2, -0.15) is 0 Å². The van der Waals surface area contributed by atoms with Gasteiger partial charge in [0.1, 0.15) is 6.23 Å². The topological polar surface area (TPSA) is 52.6 Å². The molecule has 1 heterocycles. The molecule has 1 atom stereocenters. The van der Waals surface area contributed by atoms with Crippen molar-refractivity contribution in [3.05, 3.63) is 5.21 Å². The molecule has 0 N–H and O–H groups in total. The summed E-state index contributed by atoms with van der Waals surface area (Å²) in [6, 6.07) is 0. The molecule has 0 saturated carbocycles. The molecule has 1 aliphatic heterocycles. The van der Waals surface area contributed by atoms with Crippen molar-refractivity contribution in [3.8, 4) is 0 Å². The van der Waals surface area contributed by atoms with E-state index >= 15 is 0 Å². The number of rotatable bonds is 1. The van der Waals surface area contributed by atoms with Gasteiger partial charge in [-0.05, 0) is 6.54 Å². The van der Waals surface area contributed by atoms with Crippen LogP contribution >= 0.6 is 0 Å². The second-order valence-electron chi connectivity index (χ2n) is 1.99. The normalized spacial score (nSPS) is 27.1. The molecule has 0 aromatic heterocycles. The molecule has 52 valence electrons. The Morgan fingerprint density at radius 2 is 2.56 bits per heavy atom. The molecule has 0 amide bonds. The molecule has 1 rings (SSSR count). The van der Waals surface area contributed by atoms with E-state index in [-0.39, 0.29) is 5.97 Å². The van der Waals surface area contributed by atoms with Crippen LogP contribution in [0.2, 0.25) is 0 Å². The van der Waals surface area contributed by atoms with Crippen molar-refractivity contribution in [1.29, 1.82) is 0 Å². The molecule has 0 aromatic carbocycles. The summed E-state index contributed by atoms with van der Waals surface area (Å²) in [5, 5.41) is 11.2. The number of ether oxygens (including phenoxy) is 1. The van der Waals surface area contributed by atoms with Crippen LogP contribution in [0.5, 0.6) is 0 Å². The highest BCUT2D eigenvalue weighted by molar-refractivity contribution is 5.66. The molecule has 0 aromatic rings. The molecule has 4 heteroatoms. The number of hydroxylamine groups is 2. The first-order valence-electron chi connectivity index (χ1n) is 2.81. The predicted octanol–water partition coefficient (Wildman–Crippen LogP) is 0.0791. The zero-order valence-corrected chi connectivity index (χ0v) is 5.16. The lowest BCUT2D eigenvalue weighted by molar-refractivity contribution is -0.163. The van der Waals surface area contributed by atoms with E-state index in [4.69, 9.17) is 0 Å². The van der Waals surface area contributed by atoms with Gasteiger partial charge in [-0.15, -0.1) is 0 Å². The predicted molar refractivity (Wildman–Crippen MR) is 30.2 cm³/mol. The second kappa shape index (κ2) is 2.33. The van der Waals surface area contributed by atoms with E-state index in [2.05, 4.69) is 4.74 Å². The third-order valence-corrected chi connectivity index (χ3v) is 1.22. The van der Waals surface area contributed by atoms with Gasteiger partial charge in [-0.1, -0.05) is 0 Å². The van der Waals surface area contributed by atoms with Crippen molar-refractivity contribution in [1.82, 2.24) is 5.06 Å². The number of carbonyl (C=O) groups is 1. The van der Waals surface area contributed by atoms with Crippen molar-refractivity contribution in [2.24, 2.45) is 0 Å². The molecule has 0 radical (unpaired) electrons. The summed E-state index contributed by atoms with van der Waals surface area (Å²) in [4.78, 5) is 10.2. The number of nitrogens with zero attached hydrogens (tertiary/aromatic N) is 1. The Bertz CT molecular complexity index is 125. The third kappa shape index (κ3) is 1.40. The summed E-state index contributed by atoms with van der Waals surface area (Å²) < 4.78 is 4.57. The van der Waals surface area contributed by atoms with Gasteiger partial charge >= 0.3 is 5.97 Å². The molecular weight excluding hydrogens is 122 g/mol. The van der Waals surface area contributed by atoms with Crippen molar-refractivity contribution >= 4 is 5.97 Å². The average Bonchev–Trinajstić information content (AvgIpc) is 1.79. The molecule has 1 fully saturated rings. The monoisotopic (exact) mass is 130 g/mol. The fraction of sp³-hybridized carbons (Fsp3) is 0.800. The van der Waals surface area contributed by atoms with Crippen LogP contribution in [0.25, 0.3) is 0 Å². The standard InChI is InChI=1S/C5H8NO3/c1-4(7)9-5-2-3-6(5)8/h5H,2-3H2,1H3/q-1. The van der Waals surface area contributed by atoms with E-state index in [9.17, 15) is 10.0 Å². The number of esters is 1. The van der Waals surface area contributed by atoms with Crippen molar-refractivity contribution in [2.45, 2.75) is 19.6 Å². The zero-order chi connectivity index (χ0) is 6.85. The Morgan fingerprint density at radius 1 is 1.89 bits per heavy atom. The SMILES string of the molecule is CC(=O)OC1CCN1[O-]. The average molecular weight is 130 g/mol. The van der Waals surface area contributed by atoms with Gasteiger partial charge in [0.15, 0.2) is 0 Å². The Hall–Kier alpha value is -0.610. The minimum atomic E-state index is -0.498. The molecule has 9 heavy (non-hydrogen) atoms. The first-order valence-corrected chi connectivity index (χ1v) is 2.81. The molecule has 1 unspecified atom stereocenters. The fourth-order valence-corrected chi connectivity index (χ4v) is 0.649. The Kier molecular flexibility index (Phi) is 1.68. The maximum Gasteiger partial charge on any atom is 0.304 e. The lowest BCUT2D eigenvalue weighted by Gasteiger charge is -2.44. The van der Waals surface area contributed by atoms with Crippen LogP contribution in [-0.4, -0.2) is 23.8 Å². The van der Waals surface area contributed by atoms with Crippen molar-refractivity contribution in [2.75, 3.05) is 6.54 Å². The third-order valence-electron chi connectivity index (χ3n) is 1.22. The minimum absolute atomic E-state index is 0.388. The quantitative estimate of drug-likeness (QED) is 0.471. The van der Waals surface area contributed by atoms with Crippen molar-refractivity contribution < 1.29 is 9.53 Å². The first kappa shape index (κ1) is 6.51. The second-order valence-corrected chi connectivity index (χ2v) is 1.99. The highest BCUT2D eigenvalue weighted by Gasteiger charge is 2.21. The van der Waals surface area contributed by atoms with Crippen LogP contribution < -0.4 is 0 Å². The van der Waals surface area contributed by atoms with Crippen LogP contribution in [0.3, 0.4) is 0 Å². The molecule has 1 saturated heterocycles. The van der Waals surface area contributed by atoms with Gasteiger partial charge in [-0.25, -0.2) is 0 Å². The number of hydrogen-bond donors (Lipinski definition) is 0. The molecule has 0 spiro atoms. The largest absolute Gasteiger partial charge is 0.783 e. The molecule has 0 bridgehead atoms. The van der Waals surface area contributed by atoms with Gasteiger partial charge in [0.2, 0.25) is 0 Å². The molecule has 4 nitrogen and oxygen atoms in total. The molecule has 0 aliphatic carbocycles. The molecule has 1 aliphatic rings. The smallest absolute Gasteiger partial charge is 0.304 e. The van der Waals surface area contributed by atoms with Crippen LogP contribution in [0.4, 0.5) is 0 Å². The summed E-state index contributed by atoms with van der Waals surface area (Å²) in [6.45, 7) is 1.78. The van der Waals surface area contributed by atoms with Gasteiger partial charge in [0.05, 0.1) is 0 Å². The van der Waals surface area contributed by atoms with Gasteiger partial charge in [0, 0.05) is 13.3 Å². The Morgan fingerprint density at radius 3 is 2.67 bits per heavy atom. The van der Waals surface area contributed by atoms with E-state index < -0.39 is 6.23 Å². The fourth-order valence-electron chi connectivity index (χ4n) is 0.649. The highest BCUT2D eigenvalue weighted by Crippen LogP contribution is 2.15.